The van der Waals surface area contributed by atoms with Gasteiger partial charge in [-0.15, -0.1) is 0 Å². The van der Waals surface area contributed by atoms with E-state index in [1.165, 1.54) is 17.7 Å². The first-order chi connectivity index (χ1) is 15.0. The number of carbonyl (C=O) groups is 1. The Labute approximate surface area is 180 Å². The number of rotatable bonds is 3. The lowest BCUT2D eigenvalue weighted by Crippen LogP contribution is -2.34. The second-order valence-electron chi connectivity index (χ2n) is 7.93. The molecule has 3 aromatic carbocycles. The molecule has 0 N–H and O–H groups in total. The van der Waals surface area contributed by atoms with E-state index < -0.39 is 5.82 Å². The molecular weight excluding hydrogens is 393 g/mol. The van der Waals surface area contributed by atoms with E-state index in [0.717, 1.165) is 16.9 Å². The zero-order valence-corrected chi connectivity index (χ0v) is 17.4. The van der Waals surface area contributed by atoms with Crippen LogP contribution in [0.15, 0.2) is 66.4 Å². The zero-order valence-electron chi connectivity index (χ0n) is 17.4. The number of allylic oxidation sites excluding steroid dienone is 1. The number of nitrogens with zero attached hydrogens (tertiary/aromatic N) is 1. The highest BCUT2D eigenvalue weighted by Crippen LogP contribution is 2.44. The Morgan fingerprint density at radius 1 is 1.06 bits per heavy atom. The summed E-state index contributed by atoms with van der Waals surface area (Å²) >= 11 is 0. The summed E-state index contributed by atoms with van der Waals surface area (Å²) in [5.74, 6) is 0.746. The molecule has 0 bridgehead atoms. The van der Waals surface area contributed by atoms with Crippen molar-refractivity contribution in [1.29, 1.82) is 0 Å². The molecule has 0 amide bonds. The molecule has 2 heterocycles. The van der Waals surface area contributed by atoms with E-state index in [1.807, 2.05) is 31.2 Å². The topological polar surface area (TPSA) is 38.8 Å². The van der Waals surface area contributed by atoms with Crippen LogP contribution in [0.1, 0.15) is 45.6 Å². The van der Waals surface area contributed by atoms with Crippen LogP contribution in [0.2, 0.25) is 0 Å². The van der Waals surface area contributed by atoms with E-state index in [2.05, 4.69) is 24.0 Å². The van der Waals surface area contributed by atoms with Gasteiger partial charge in [0.1, 0.15) is 24.0 Å². The minimum absolute atomic E-state index is 0.125. The van der Waals surface area contributed by atoms with Crippen LogP contribution < -0.4 is 9.47 Å². The van der Waals surface area contributed by atoms with Gasteiger partial charge in [-0.3, -0.25) is 9.69 Å². The fourth-order valence-electron chi connectivity index (χ4n) is 4.19. The Morgan fingerprint density at radius 3 is 2.58 bits per heavy atom. The first kappa shape index (κ1) is 19.5. The highest BCUT2D eigenvalue weighted by atomic mass is 19.1. The van der Waals surface area contributed by atoms with Gasteiger partial charge in [-0.1, -0.05) is 48.5 Å². The van der Waals surface area contributed by atoms with Crippen molar-refractivity contribution in [1.82, 2.24) is 4.90 Å². The van der Waals surface area contributed by atoms with Gasteiger partial charge in [0.2, 0.25) is 5.78 Å². The van der Waals surface area contributed by atoms with Crippen molar-refractivity contribution in [2.75, 3.05) is 6.73 Å². The van der Waals surface area contributed by atoms with Crippen molar-refractivity contribution in [3.8, 4) is 11.5 Å². The summed E-state index contributed by atoms with van der Waals surface area (Å²) in [6.07, 6.45) is 1.46. The molecule has 0 aliphatic carbocycles. The van der Waals surface area contributed by atoms with Crippen LogP contribution in [-0.2, 0) is 6.54 Å². The van der Waals surface area contributed by atoms with Crippen LogP contribution in [0.5, 0.6) is 11.5 Å². The number of hydrogen-bond donors (Lipinski definition) is 0. The predicted octanol–water partition coefficient (Wildman–Crippen LogP) is 5.66. The minimum atomic E-state index is -0.396. The Balaban J connectivity index is 1.46. The van der Waals surface area contributed by atoms with E-state index in [-0.39, 0.29) is 17.6 Å². The Bertz CT molecular complexity index is 1200. The minimum Gasteiger partial charge on any atom is -0.477 e. The molecule has 1 unspecified atom stereocenters. The highest BCUT2D eigenvalue weighted by Gasteiger charge is 2.34. The van der Waals surface area contributed by atoms with Crippen LogP contribution >= 0.6 is 0 Å². The van der Waals surface area contributed by atoms with Gasteiger partial charge in [0.25, 0.3) is 0 Å². The maximum atomic E-state index is 14.0. The quantitative estimate of drug-likeness (QED) is 0.517. The van der Waals surface area contributed by atoms with Crippen LogP contribution in [0.25, 0.3) is 6.08 Å². The van der Waals surface area contributed by atoms with Crippen LogP contribution in [0.4, 0.5) is 4.39 Å². The van der Waals surface area contributed by atoms with Crippen molar-refractivity contribution in [3.63, 3.8) is 0 Å². The first-order valence-electron chi connectivity index (χ1n) is 10.3. The fourth-order valence-corrected chi connectivity index (χ4v) is 4.19. The summed E-state index contributed by atoms with van der Waals surface area (Å²) in [7, 11) is 0. The van der Waals surface area contributed by atoms with Gasteiger partial charge < -0.3 is 9.47 Å². The number of ether oxygens (including phenoxy) is 2. The number of fused-ring (bicyclic) bond motifs is 2. The maximum Gasteiger partial charge on any atom is 0.231 e. The van der Waals surface area contributed by atoms with E-state index in [0.29, 0.717) is 30.2 Å². The maximum absolute atomic E-state index is 14.0. The smallest absolute Gasteiger partial charge is 0.231 e. The van der Waals surface area contributed by atoms with E-state index in [4.69, 9.17) is 9.47 Å². The van der Waals surface area contributed by atoms with Crippen molar-refractivity contribution in [2.24, 2.45) is 0 Å². The molecule has 0 fully saturated rings. The van der Waals surface area contributed by atoms with Gasteiger partial charge in [0.15, 0.2) is 5.76 Å². The molecule has 0 saturated carbocycles. The fraction of sp³-hybridized carbons (Fsp3) is 0.192. The molecule has 0 saturated heterocycles. The molecule has 0 radical (unpaired) electrons. The molecular formula is C26H22FNO3. The van der Waals surface area contributed by atoms with Gasteiger partial charge in [-0.05, 0) is 37.6 Å². The summed E-state index contributed by atoms with van der Waals surface area (Å²) in [4.78, 5) is 15.2. The zero-order chi connectivity index (χ0) is 21.5. The summed E-state index contributed by atoms with van der Waals surface area (Å²) in [5.41, 5.74) is 3.78. The molecule has 2 aliphatic rings. The van der Waals surface area contributed by atoms with Crippen LogP contribution in [0, 0.1) is 12.7 Å². The Hall–Kier alpha value is -3.44. The molecule has 0 aromatic heterocycles. The van der Waals surface area contributed by atoms with Crippen molar-refractivity contribution in [3.05, 3.63) is 100 Å². The summed E-state index contributed by atoms with van der Waals surface area (Å²) in [6.45, 7) is 5.16. The number of carbonyl (C=O) groups excluding carboxylic acids is 1. The van der Waals surface area contributed by atoms with Crippen molar-refractivity contribution < 1.29 is 18.7 Å². The lowest BCUT2D eigenvalue weighted by Gasteiger charge is -2.34. The van der Waals surface area contributed by atoms with Gasteiger partial charge in [-0.2, -0.15) is 0 Å². The van der Waals surface area contributed by atoms with Gasteiger partial charge >= 0.3 is 0 Å². The molecule has 1 atom stereocenters. The molecule has 3 aromatic rings. The normalized spacial score (nSPS) is 17.6. The number of ketones is 1. The van der Waals surface area contributed by atoms with E-state index in [9.17, 15) is 9.18 Å². The monoisotopic (exact) mass is 415 g/mol. The molecule has 5 rings (SSSR count). The molecule has 156 valence electrons. The molecule has 5 heteroatoms. The lowest BCUT2D eigenvalue weighted by molar-refractivity contribution is 0.0609. The average Bonchev–Trinajstić information content (AvgIpc) is 3.11. The summed E-state index contributed by atoms with van der Waals surface area (Å²) in [6, 6.07) is 18.6. The first-order valence-corrected chi connectivity index (χ1v) is 10.3. The van der Waals surface area contributed by atoms with Crippen molar-refractivity contribution >= 4 is 11.9 Å². The molecule has 2 aliphatic heterocycles. The number of Topliss-reactive ketones (excluding diaryl/α,β-unsaturated/α-hetero) is 1. The summed E-state index contributed by atoms with van der Waals surface area (Å²) in [5, 5.41) is 0. The van der Waals surface area contributed by atoms with Gasteiger partial charge in [0, 0.05) is 29.3 Å². The largest absolute Gasteiger partial charge is 0.477 e. The number of benzene rings is 3. The van der Waals surface area contributed by atoms with Gasteiger partial charge in [0.05, 0.1) is 5.56 Å². The van der Waals surface area contributed by atoms with Gasteiger partial charge in [-0.25, -0.2) is 4.39 Å². The van der Waals surface area contributed by atoms with Crippen LogP contribution in [0.3, 0.4) is 0 Å². The number of halogens is 1. The predicted molar refractivity (Wildman–Crippen MR) is 116 cm³/mol. The SMILES string of the molecule is Cc1c2c(cc3c1O/C(=C\c1ccccc1F)C3=O)CN(C(C)c1ccccc1)CO2. The molecule has 31 heavy (non-hydrogen) atoms. The number of hydrogen-bond acceptors (Lipinski definition) is 4. The molecule has 4 nitrogen and oxygen atoms in total. The Morgan fingerprint density at radius 2 is 1.81 bits per heavy atom. The standard InChI is InChI=1S/C26H22FNO3/c1-16-25-20(14-28(15-30-25)17(2)18-8-4-3-5-9-18)12-21-24(29)23(31-26(16)21)13-19-10-6-7-11-22(19)27/h3-13,17H,14-15H2,1-2H3/b23-13-. The third kappa shape index (κ3) is 3.41. The van der Waals surface area contributed by atoms with E-state index >= 15 is 0 Å². The average molecular weight is 415 g/mol. The third-order valence-electron chi connectivity index (χ3n) is 5.99. The highest BCUT2D eigenvalue weighted by molar-refractivity contribution is 6.15. The summed E-state index contributed by atoms with van der Waals surface area (Å²) < 4.78 is 26.0. The third-order valence-corrected chi connectivity index (χ3v) is 5.99. The van der Waals surface area contributed by atoms with E-state index in [1.54, 1.807) is 18.2 Å². The second-order valence-corrected chi connectivity index (χ2v) is 7.93. The Kier molecular flexibility index (Phi) is 4.83. The second kappa shape index (κ2) is 7.67. The molecule has 0 spiro atoms. The lowest BCUT2D eigenvalue weighted by atomic mass is 9.99. The van der Waals surface area contributed by atoms with Crippen molar-refractivity contribution in [2.45, 2.75) is 26.4 Å². The van der Waals surface area contributed by atoms with Crippen LogP contribution in [-0.4, -0.2) is 17.4 Å².